The van der Waals surface area contributed by atoms with E-state index in [9.17, 15) is 0 Å². The van der Waals surface area contributed by atoms with Gasteiger partial charge in [0.2, 0.25) is 0 Å². The second kappa shape index (κ2) is 6.59. The van der Waals surface area contributed by atoms with Gasteiger partial charge < -0.3 is 5.23 Å². The monoisotopic (exact) mass is 269 g/mol. The Morgan fingerprint density at radius 2 is 1.80 bits per heavy atom. The molecule has 0 spiro atoms. The van der Waals surface area contributed by atoms with Gasteiger partial charge in [-0.15, -0.1) is 11.6 Å². The summed E-state index contributed by atoms with van der Waals surface area (Å²) in [7, 11) is 5.41. The first-order valence-electron chi connectivity index (χ1n) is 5.29. The van der Waals surface area contributed by atoms with E-state index >= 15 is 0 Å². The molecule has 0 aliphatic carbocycles. The van der Waals surface area contributed by atoms with Gasteiger partial charge in [-0.1, -0.05) is 49.4 Å². The smallest absolute Gasteiger partial charge is 0.178 e. The molecule has 0 fully saturated rings. The molecule has 0 rings (SSSR count). The van der Waals surface area contributed by atoms with E-state index in [1.807, 2.05) is 13.8 Å². The van der Waals surface area contributed by atoms with E-state index in [0.29, 0.717) is 0 Å². The van der Waals surface area contributed by atoms with Crippen LogP contribution in [0.3, 0.4) is 0 Å². The summed E-state index contributed by atoms with van der Waals surface area (Å²) in [6.45, 7) is 5.81. The molecule has 15 heavy (non-hydrogen) atoms. The molecule has 0 saturated heterocycles. The summed E-state index contributed by atoms with van der Waals surface area (Å²) in [6.07, 6.45) is 4.13. The van der Waals surface area contributed by atoms with Crippen molar-refractivity contribution in [1.82, 2.24) is 5.23 Å². The van der Waals surface area contributed by atoms with E-state index < -0.39 is 9.87 Å². The van der Waals surface area contributed by atoms with E-state index in [2.05, 4.69) is 12.2 Å². The summed E-state index contributed by atoms with van der Waals surface area (Å²) in [5.74, 6) is 0. The molecule has 0 bridgehead atoms. The number of alkyl halides is 3. The summed E-state index contributed by atoms with van der Waals surface area (Å²) in [4.78, 5) is 0. The Hall–Kier alpha value is 0.895. The van der Waals surface area contributed by atoms with Crippen LogP contribution in [0.5, 0.6) is 0 Å². The zero-order valence-corrected chi connectivity index (χ0v) is 11.9. The topological polar surface area (TPSA) is 12.0 Å². The molecule has 0 saturated carbocycles. The van der Waals surface area contributed by atoms with Crippen LogP contribution in [-0.4, -0.2) is 23.2 Å². The molecule has 2 radical (unpaired) electrons. The third-order valence-corrected chi connectivity index (χ3v) is 4.89. The van der Waals surface area contributed by atoms with Crippen molar-refractivity contribution >= 4 is 42.8 Å². The van der Waals surface area contributed by atoms with Crippen molar-refractivity contribution in [2.75, 3.05) is 0 Å². The molecule has 0 amide bonds. The number of nitrogens with one attached hydrogen (secondary N) is 1. The average Bonchev–Trinajstić information content (AvgIpc) is 2.17. The van der Waals surface area contributed by atoms with Crippen LogP contribution in [0.1, 0.15) is 46.5 Å². The molecule has 1 atom stereocenters. The molecule has 0 heterocycles. The Morgan fingerprint density at radius 3 is 2.20 bits per heavy atom. The first-order chi connectivity index (χ1) is 6.79. The Morgan fingerprint density at radius 1 is 1.27 bits per heavy atom. The minimum Gasteiger partial charge on any atom is -0.359 e. The highest BCUT2D eigenvalue weighted by atomic mass is 35.5. The maximum absolute atomic E-state index is 6.25. The second-order valence-electron chi connectivity index (χ2n) is 4.36. The van der Waals surface area contributed by atoms with Crippen LogP contribution in [-0.2, 0) is 0 Å². The number of halogens is 3. The van der Waals surface area contributed by atoms with Gasteiger partial charge in [0.15, 0.2) is 12.3 Å². The van der Waals surface area contributed by atoms with Gasteiger partial charge in [-0.25, -0.2) is 0 Å². The van der Waals surface area contributed by atoms with Crippen molar-refractivity contribution in [2.45, 2.75) is 61.7 Å². The van der Waals surface area contributed by atoms with Crippen molar-refractivity contribution in [2.24, 2.45) is 0 Å². The fraction of sp³-hybridized carbons (Fsp3) is 1.00. The summed E-state index contributed by atoms with van der Waals surface area (Å²) >= 11 is 18.7. The van der Waals surface area contributed by atoms with Crippen molar-refractivity contribution in [1.29, 1.82) is 0 Å². The van der Waals surface area contributed by atoms with Gasteiger partial charge in [0.05, 0.1) is 5.38 Å². The van der Waals surface area contributed by atoms with Gasteiger partial charge in [0, 0.05) is 5.54 Å². The van der Waals surface area contributed by atoms with Gasteiger partial charge in [-0.3, -0.25) is 0 Å². The van der Waals surface area contributed by atoms with E-state index in [4.69, 9.17) is 42.8 Å². The Labute approximate surface area is 110 Å². The lowest BCUT2D eigenvalue weighted by Crippen LogP contribution is -2.56. The lowest BCUT2D eigenvalue weighted by Gasteiger charge is -2.40. The largest absolute Gasteiger partial charge is 0.359 e. The first-order valence-corrected chi connectivity index (χ1v) is 6.48. The summed E-state index contributed by atoms with van der Waals surface area (Å²) in [6, 6.07) is 0. The predicted molar refractivity (Wildman–Crippen MR) is 71.2 cm³/mol. The molecule has 0 aromatic heterocycles. The average molecular weight is 270 g/mol. The summed E-state index contributed by atoms with van der Waals surface area (Å²) < 4.78 is -1.07. The third kappa shape index (κ3) is 4.34. The normalized spacial score (nSPS) is 15.3. The highest BCUT2D eigenvalue weighted by Crippen LogP contribution is 2.41. The molecule has 1 nitrogen and oxygen atoms in total. The fourth-order valence-corrected chi connectivity index (χ4v) is 2.00. The van der Waals surface area contributed by atoms with Crippen molar-refractivity contribution in [3.8, 4) is 0 Å². The van der Waals surface area contributed by atoms with Crippen LogP contribution in [0, 0.1) is 0 Å². The van der Waals surface area contributed by atoms with Crippen LogP contribution >= 0.6 is 34.8 Å². The lowest BCUT2D eigenvalue weighted by molar-refractivity contribution is 0.389. The Balaban J connectivity index is 4.31. The number of hydrogen-bond acceptors (Lipinski definition) is 1. The van der Waals surface area contributed by atoms with Crippen LogP contribution in [0.2, 0.25) is 0 Å². The molecule has 0 aliphatic heterocycles. The molecule has 1 N–H and O–H groups in total. The second-order valence-corrected chi connectivity index (χ2v) is 6.27. The SMILES string of the molecule is [B]NC(C)(C)C(Cl)(Cl)C(Cl)CCCCC. The van der Waals surface area contributed by atoms with Crippen molar-refractivity contribution < 1.29 is 0 Å². The standard InChI is InChI=1S/C10H19BCl3N/c1-4-5-6-7-8(12)10(13,14)9(2,3)15-11/h8,15H,4-7H2,1-3H3. The first kappa shape index (κ1) is 15.9. The Kier molecular flexibility index (Phi) is 6.98. The molecular formula is C10H19BCl3N. The maximum atomic E-state index is 6.25. The molecule has 88 valence electrons. The van der Waals surface area contributed by atoms with Crippen LogP contribution in [0.15, 0.2) is 0 Å². The van der Waals surface area contributed by atoms with E-state index in [-0.39, 0.29) is 5.38 Å². The van der Waals surface area contributed by atoms with E-state index in [1.165, 1.54) is 0 Å². The lowest BCUT2D eigenvalue weighted by atomic mass is 9.92. The van der Waals surface area contributed by atoms with Gasteiger partial charge in [0.25, 0.3) is 0 Å². The van der Waals surface area contributed by atoms with Gasteiger partial charge in [-0.2, -0.15) is 0 Å². The van der Waals surface area contributed by atoms with Crippen LogP contribution < -0.4 is 5.23 Å². The molecule has 5 heteroatoms. The highest BCUT2D eigenvalue weighted by Gasteiger charge is 2.46. The molecule has 0 aliphatic rings. The zero-order chi connectivity index (χ0) is 12.1. The maximum Gasteiger partial charge on any atom is 0.178 e. The van der Waals surface area contributed by atoms with Crippen molar-refractivity contribution in [3.05, 3.63) is 0 Å². The van der Waals surface area contributed by atoms with Crippen molar-refractivity contribution in [3.63, 3.8) is 0 Å². The zero-order valence-electron chi connectivity index (χ0n) is 9.62. The molecule has 0 aromatic rings. The molecule has 1 unspecified atom stereocenters. The summed E-state index contributed by atoms with van der Waals surface area (Å²) in [5.41, 5.74) is -0.616. The highest BCUT2D eigenvalue weighted by molar-refractivity contribution is 6.53. The number of unbranched alkanes of at least 4 members (excludes halogenated alkanes) is 2. The number of rotatable bonds is 7. The van der Waals surface area contributed by atoms with Crippen LogP contribution in [0.4, 0.5) is 0 Å². The van der Waals surface area contributed by atoms with Gasteiger partial charge in [-0.05, 0) is 20.3 Å². The Bertz CT molecular complexity index is 186. The molecular weight excluding hydrogens is 251 g/mol. The summed E-state index contributed by atoms with van der Waals surface area (Å²) in [5, 5.41) is 2.30. The minimum absolute atomic E-state index is 0.307. The minimum atomic E-state index is -1.07. The van der Waals surface area contributed by atoms with E-state index in [0.717, 1.165) is 25.7 Å². The molecule has 0 aromatic carbocycles. The fourth-order valence-electron chi connectivity index (χ4n) is 1.24. The van der Waals surface area contributed by atoms with Gasteiger partial charge in [0.1, 0.15) is 0 Å². The van der Waals surface area contributed by atoms with Crippen LogP contribution in [0.25, 0.3) is 0 Å². The number of hydrogen-bond donors (Lipinski definition) is 1. The third-order valence-electron chi connectivity index (χ3n) is 2.65. The predicted octanol–water partition coefficient (Wildman–Crippen LogP) is 3.80. The van der Waals surface area contributed by atoms with Gasteiger partial charge >= 0.3 is 0 Å². The van der Waals surface area contributed by atoms with E-state index in [1.54, 1.807) is 0 Å². The quantitative estimate of drug-likeness (QED) is 0.421.